The molecule has 102 valence electrons. The zero-order valence-electron chi connectivity index (χ0n) is 11.0. The topological polar surface area (TPSA) is 46.6 Å². The maximum absolute atomic E-state index is 13.8. The van der Waals surface area contributed by atoms with Crippen LogP contribution in [0.1, 0.15) is 30.1 Å². The zero-order chi connectivity index (χ0) is 14.0. The van der Waals surface area contributed by atoms with Crippen LogP contribution < -0.4 is 4.74 Å². The summed E-state index contributed by atoms with van der Waals surface area (Å²) in [6.07, 6.45) is 1.20. The minimum absolute atomic E-state index is 0.0918. The number of methoxy groups -OCH3 is 1. The van der Waals surface area contributed by atoms with E-state index in [0.29, 0.717) is 18.7 Å². The standard InChI is InChI=1S/C14H16FNO3/c1-3-9-6-13(17)16(8-9)14(18)11-5-4-10(19-2)7-12(11)15/h4-5,7,9H,3,6,8H2,1-2H3. The van der Waals surface area contributed by atoms with Crippen molar-refractivity contribution in [1.82, 2.24) is 4.90 Å². The summed E-state index contributed by atoms with van der Waals surface area (Å²) in [4.78, 5) is 25.1. The molecular formula is C14H16FNO3. The van der Waals surface area contributed by atoms with E-state index < -0.39 is 11.7 Å². The molecule has 0 bridgehead atoms. The molecule has 0 aliphatic carbocycles. The van der Waals surface area contributed by atoms with E-state index in [0.717, 1.165) is 17.4 Å². The third-order valence-corrected chi connectivity index (χ3v) is 3.43. The molecule has 0 saturated carbocycles. The normalized spacial score (nSPS) is 18.8. The van der Waals surface area contributed by atoms with Crippen molar-refractivity contribution >= 4 is 11.8 Å². The molecule has 2 amide bonds. The Hall–Kier alpha value is -1.91. The van der Waals surface area contributed by atoms with Crippen molar-refractivity contribution in [3.05, 3.63) is 29.6 Å². The minimum Gasteiger partial charge on any atom is -0.497 e. The van der Waals surface area contributed by atoms with Crippen molar-refractivity contribution in [1.29, 1.82) is 0 Å². The van der Waals surface area contributed by atoms with Gasteiger partial charge in [-0.3, -0.25) is 14.5 Å². The monoisotopic (exact) mass is 265 g/mol. The van der Waals surface area contributed by atoms with Gasteiger partial charge in [-0.05, 0) is 18.1 Å². The molecule has 4 nitrogen and oxygen atoms in total. The number of benzene rings is 1. The Labute approximate surface area is 111 Å². The van der Waals surface area contributed by atoms with Crippen LogP contribution in [0.5, 0.6) is 5.75 Å². The molecule has 2 rings (SSSR count). The average Bonchev–Trinajstić information content (AvgIpc) is 2.79. The number of hydrogen-bond donors (Lipinski definition) is 0. The number of carbonyl (C=O) groups is 2. The van der Waals surface area contributed by atoms with Crippen LogP contribution in [0, 0.1) is 11.7 Å². The van der Waals surface area contributed by atoms with Crippen molar-refractivity contribution in [2.24, 2.45) is 5.92 Å². The fourth-order valence-electron chi connectivity index (χ4n) is 2.19. The second kappa shape index (κ2) is 5.38. The summed E-state index contributed by atoms with van der Waals surface area (Å²) in [5.41, 5.74) is -0.0918. The minimum atomic E-state index is -0.669. The molecule has 0 spiro atoms. The lowest BCUT2D eigenvalue weighted by molar-refractivity contribution is -0.125. The SMILES string of the molecule is CCC1CC(=O)N(C(=O)c2ccc(OC)cc2F)C1. The van der Waals surface area contributed by atoms with Crippen LogP contribution in [0.4, 0.5) is 4.39 Å². The van der Waals surface area contributed by atoms with Gasteiger partial charge < -0.3 is 4.74 Å². The van der Waals surface area contributed by atoms with Gasteiger partial charge in [-0.2, -0.15) is 0 Å². The van der Waals surface area contributed by atoms with Crippen molar-refractivity contribution < 1.29 is 18.7 Å². The quantitative estimate of drug-likeness (QED) is 0.787. The molecule has 1 aromatic rings. The van der Waals surface area contributed by atoms with Crippen molar-refractivity contribution in [2.45, 2.75) is 19.8 Å². The Balaban J connectivity index is 2.23. The number of halogens is 1. The summed E-state index contributed by atoms with van der Waals surface area (Å²) in [5, 5.41) is 0. The van der Waals surface area contributed by atoms with Gasteiger partial charge in [-0.1, -0.05) is 13.3 Å². The van der Waals surface area contributed by atoms with Gasteiger partial charge in [0.05, 0.1) is 12.7 Å². The Morgan fingerprint density at radius 1 is 1.53 bits per heavy atom. The molecule has 1 aliphatic heterocycles. The zero-order valence-corrected chi connectivity index (χ0v) is 11.0. The second-order valence-corrected chi connectivity index (χ2v) is 4.63. The summed E-state index contributed by atoms with van der Waals surface area (Å²) in [6.45, 7) is 2.35. The third kappa shape index (κ3) is 2.59. The highest BCUT2D eigenvalue weighted by Crippen LogP contribution is 2.24. The summed E-state index contributed by atoms with van der Waals surface area (Å²) >= 11 is 0. The highest BCUT2D eigenvalue weighted by Gasteiger charge is 2.34. The highest BCUT2D eigenvalue weighted by molar-refractivity contribution is 6.05. The molecule has 1 aromatic carbocycles. The number of carbonyl (C=O) groups excluding carboxylic acids is 2. The van der Waals surface area contributed by atoms with Crippen molar-refractivity contribution in [3.8, 4) is 5.75 Å². The molecule has 1 aliphatic rings. The summed E-state index contributed by atoms with van der Waals surface area (Å²) < 4.78 is 18.7. The number of amides is 2. The molecule has 1 atom stereocenters. The Morgan fingerprint density at radius 3 is 2.79 bits per heavy atom. The van der Waals surface area contributed by atoms with Crippen LogP contribution in [0.15, 0.2) is 18.2 Å². The molecule has 1 fully saturated rings. The van der Waals surface area contributed by atoms with Gasteiger partial charge in [-0.15, -0.1) is 0 Å². The molecule has 0 aromatic heterocycles. The van der Waals surface area contributed by atoms with Crippen LogP contribution in [0.25, 0.3) is 0 Å². The number of nitrogens with zero attached hydrogens (tertiary/aromatic N) is 1. The lowest BCUT2D eigenvalue weighted by Gasteiger charge is -2.15. The molecule has 0 N–H and O–H groups in total. The average molecular weight is 265 g/mol. The molecule has 19 heavy (non-hydrogen) atoms. The molecule has 0 radical (unpaired) electrons. The van der Waals surface area contributed by atoms with Crippen molar-refractivity contribution in [2.75, 3.05) is 13.7 Å². The fourth-order valence-corrected chi connectivity index (χ4v) is 2.19. The van der Waals surface area contributed by atoms with Crippen LogP contribution in [-0.2, 0) is 4.79 Å². The van der Waals surface area contributed by atoms with E-state index in [1.807, 2.05) is 6.92 Å². The molecule has 5 heteroatoms. The number of rotatable bonds is 3. The van der Waals surface area contributed by atoms with Crippen LogP contribution in [-0.4, -0.2) is 30.4 Å². The first-order valence-corrected chi connectivity index (χ1v) is 6.25. The first-order valence-electron chi connectivity index (χ1n) is 6.25. The van der Waals surface area contributed by atoms with Gasteiger partial charge in [0.1, 0.15) is 11.6 Å². The maximum Gasteiger partial charge on any atom is 0.263 e. The lowest BCUT2D eigenvalue weighted by Crippen LogP contribution is -2.33. The summed E-state index contributed by atoms with van der Waals surface area (Å²) in [6, 6.07) is 4.00. The smallest absolute Gasteiger partial charge is 0.263 e. The number of hydrogen-bond acceptors (Lipinski definition) is 3. The first-order chi connectivity index (χ1) is 9.06. The Kier molecular flexibility index (Phi) is 3.83. The second-order valence-electron chi connectivity index (χ2n) is 4.63. The van der Waals surface area contributed by atoms with Gasteiger partial charge in [0, 0.05) is 19.0 Å². The van der Waals surface area contributed by atoms with E-state index in [-0.39, 0.29) is 17.4 Å². The first kappa shape index (κ1) is 13.5. The molecule has 1 saturated heterocycles. The fraction of sp³-hybridized carbons (Fsp3) is 0.429. The van der Waals surface area contributed by atoms with E-state index in [2.05, 4.69) is 0 Å². The van der Waals surface area contributed by atoms with Crippen LogP contribution in [0.3, 0.4) is 0 Å². The molecular weight excluding hydrogens is 249 g/mol. The van der Waals surface area contributed by atoms with Gasteiger partial charge >= 0.3 is 0 Å². The predicted molar refractivity (Wildman–Crippen MR) is 67.4 cm³/mol. The number of likely N-dealkylation sites (tertiary alicyclic amines) is 1. The highest BCUT2D eigenvalue weighted by atomic mass is 19.1. The van der Waals surface area contributed by atoms with Gasteiger partial charge in [-0.25, -0.2) is 4.39 Å². The van der Waals surface area contributed by atoms with Crippen LogP contribution >= 0.6 is 0 Å². The largest absolute Gasteiger partial charge is 0.497 e. The molecule has 1 heterocycles. The maximum atomic E-state index is 13.8. The number of ether oxygens (including phenoxy) is 1. The predicted octanol–water partition coefficient (Wildman–Crippen LogP) is 2.23. The third-order valence-electron chi connectivity index (χ3n) is 3.43. The summed E-state index contributed by atoms with van der Waals surface area (Å²) in [7, 11) is 1.42. The van der Waals surface area contributed by atoms with Gasteiger partial charge in [0.25, 0.3) is 5.91 Å². The Morgan fingerprint density at radius 2 is 2.26 bits per heavy atom. The van der Waals surface area contributed by atoms with Gasteiger partial charge in [0.15, 0.2) is 0 Å². The Bertz CT molecular complexity index is 515. The molecule has 1 unspecified atom stereocenters. The van der Waals surface area contributed by atoms with E-state index in [1.54, 1.807) is 0 Å². The lowest BCUT2D eigenvalue weighted by atomic mass is 10.1. The van der Waals surface area contributed by atoms with E-state index in [9.17, 15) is 14.0 Å². The van der Waals surface area contributed by atoms with Gasteiger partial charge in [0.2, 0.25) is 5.91 Å². The van der Waals surface area contributed by atoms with E-state index >= 15 is 0 Å². The van der Waals surface area contributed by atoms with Crippen molar-refractivity contribution in [3.63, 3.8) is 0 Å². The van der Waals surface area contributed by atoms with E-state index in [1.165, 1.54) is 19.2 Å². The van der Waals surface area contributed by atoms with E-state index in [4.69, 9.17) is 4.74 Å². The summed E-state index contributed by atoms with van der Waals surface area (Å²) in [5.74, 6) is -0.948. The van der Waals surface area contributed by atoms with Crippen LogP contribution in [0.2, 0.25) is 0 Å². The number of imide groups is 1.